The van der Waals surface area contributed by atoms with Crippen LogP contribution < -0.4 is 16.0 Å². The summed E-state index contributed by atoms with van der Waals surface area (Å²) in [4.78, 5) is 25.3. The number of urea groups is 1. The summed E-state index contributed by atoms with van der Waals surface area (Å²) in [5.74, 6) is -0.0842. The van der Waals surface area contributed by atoms with Gasteiger partial charge in [0.15, 0.2) is 0 Å². The Balaban J connectivity index is 1.55. The lowest BCUT2D eigenvalue weighted by Crippen LogP contribution is -2.54. The lowest BCUT2D eigenvalue weighted by molar-refractivity contribution is -0.118. The number of likely N-dealkylation sites (N-methyl/N-ethyl adjacent to an activating group) is 1. The summed E-state index contributed by atoms with van der Waals surface area (Å²) >= 11 is 0. The SMILES string of the molecule is CC(=O)NCCNC(=O)N[C@H]1C[C@H]2Cc3ccccc3[C@@H](C1)N2C. The molecule has 130 valence electrons. The van der Waals surface area contributed by atoms with Gasteiger partial charge in [-0.05, 0) is 37.4 Å². The first-order valence-electron chi connectivity index (χ1n) is 8.63. The second kappa shape index (κ2) is 7.21. The normalized spacial score (nSPS) is 25.5. The zero-order valence-electron chi connectivity index (χ0n) is 14.3. The Hall–Kier alpha value is -2.08. The first-order chi connectivity index (χ1) is 11.5. The van der Waals surface area contributed by atoms with E-state index in [1.807, 2.05) is 0 Å². The van der Waals surface area contributed by atoms with Gasteiger partial charge < -0.3 is 16.0 Å². The first kappa shape index (κ1) is 16.8. The molecule has 0 unspecified atom stereocenters. The summed E-state index contributed by atoms with van der Waals surface area (Å²) in [6, 6.07) is 9.53. The molecule has 0 spiro atoms. The van der Waals surface area contributed by atoms with Crippen LogP contribution in [0.4, 0.5) is 4.79 Å². The van der Waals surface area contributed by atoms with E-state index >= 15 is 0 Å². The number of carbonyl (C=O) groups is 2. The van der Waals surface area contributed by atoms with Gasteiger partial charge in [0.2, 0.25) is 5.91 Å². The maximum Gasteiger partial charge on any atom is 0.315 e. The molecule has 0 aromatic heterocycles. The van der Waals surface area contributed by atoms with Crippen LogP contribution in [-0.4, -0.2) is 49.1 Å². The fourth-order valence-electron chi connectivity index (χ4n) is 3.92. The van der Waals surface area contributed by atoms with Crippen molar-refractivity contribution in [2.45, 2.75) is 44.3 Å². The van der Waals surface area contributed by atoms with Crippen molar-refractivity contribution in [3.63, 3.8) is 0 Å². The number of benzene rings is 1. The van der Waals surface area contributed by atoms with Crippen molar-refractivity contribution in [1.29, 1.82) is 0 Å². The van der Waals surface area contributed by atoms with E-state index in [4.69, 9.17) is 0 Å². The van der Waals surface area contributed by atoms with E-state index in [-0.39, 0.29) is 18.0 Å². The Kier molecular flexibility index (Phi) is 5.04. The Morgan fingerprint density at radius 1 is 1.17 bits per heavy atom. The number of hydrogen-bond donors (Lipinski definition) is 3. The van der Waals surface area contributed by atoms with E-state index in [2.05, 4.69) is 52.2 Å². The van der Waals surface area contributed by atoms with E-state index in [0.29, 0.717) is 25.2 Å². The van der Waals surface area contributed by atoms with Crippen LogP contribution in [0.2, 0.25) is 0 Å². The minimum absolute atomic E-state index is 0.0842. The van der Waals surface area contributed by atoms with Crippen LogP contribution in [0.3, 0.4) is 0 Å². The maximum atomic E-state index is 12.1. The predicted molar refractivity (Wildman–Crippen MR) is 92.7 cm³/mol. The number of piperidine rings is 1. The summed E-state index contributed by atoms with van der Waals surface area (Å²) in [6.07, 6.45) is 2.95. The topological polar surface area (TPSA) is 73.5 Å². The quantitative estimate of drug-likeness (QED) is 0.726. The van der Waals surface area contributed by atoms with Gasteiger partial charge in [0, 0.05) is 38.1 Å². The van der Waals surface area contributed by atoms with E-state index < -0.39 is 0 Å². The van der Waals surface area contributed by atoms with Crippen LogP contribution in [0.15, 0.2) is 24.3 Å². The van der Waals surface area contributed by atoms with Gasteiger partial charge in [0.05, 0.1) is 0 Å². The highest BCUT2D eigenvalue weighted by atomic mass is 16.2. The van der Waals surface area contributed by atoms with Gasteiger partial charge in [-0.3, -0.25) is 9.69 Å². The van der Waals surface area contributed by atoms with Gasteiger partial charge in [-0.2, -0.15) is 0 Å². The van der Waals surface area contributed by atoms with Crippen LogP contribution in [0, 0.1) is 0 Å². The molecule has 1 fully saturated rings. The van der Waals surface area contributed by atoms with Crippen molar-refractivity contribution in [1.82, 2.24) is 20.9 Å². The third kappa shape index (κ3) is 3.70. The molecule has 3 N–H and O–H groups in total. The van der Waals surface area contributed by atoms with Crippen molar-refractivity contribution in [2.75, 3.05) is 20.1 Å². The fraction of sp³-hybridized carbons (Fsp3) is 0.556. The number of hydrogen-bond acceptors (Lipinski definition) is 3. The third-order valence-corrected chi connectivity index (χ3v) is 5.12. The predicted octanol–water partition coefficient (Wildman–Crippen LogP) is 1.18. The molecule has 3 amide bonds. The van der Waals surface area contributed by atoms with Crippen molar-refractivity contribution >= 4 is 11.9 Å². The highest BCUT2D eigenvalue weighted by molar-refractivity contribution is 5.75. The Morgan fingerprint density at radius 2 is 1.92 bits per heavy atom. The average Bonchev–Trinajstić information content (AvgIpc) is 2.53. The molecule has 1 aromatic rings. The molecule has 2 aliphatic heterocycles. The van der Waals surface area contributed by atoms with E-state index in [0.717, 1.165) is 19.3 Å². The molecule has 24 heavy (non-hydrogen) atoms. The highest BCUT2D eigenvalue weighted by Gasteiger charge is 2.39. The second-order valence-electron chi connectivity index (χ2n) is 6.79. The van der Waals surface area contributed by atoms with Gasteiger partial charge in [-0.25, -0.2) is 4.79 Å². The van der Waals surface area contributed by atoms with Crippen molar-refractivity contribution in [2.24, 2.45) is 0 Å². The number of carbonyl (C=O) groups excluding carboxylic acids is 2. The van der Waals surface area contributed by atoms with Gasteiger partial charge in [0.1, 0.15) is 0 Å². The smallest absolute Gasteiger partial charge is 0.315 e. The number of fused-ring (bicyclic) bond motifs is 4. The van der Waals surface area contributed by atoms with Gasteiger partial charge >= 0.3 is 6.03 Å². The molecule has 0 saturated carbocycles. The van der Waals surface area contributed by atoms with Crippen LogP contribution >= 0.6 is 0 Å². The number of nitrogens with one attached hydrogen (secondary N) is 3. The molecular formula is C18H26N4O2. The van der Waals surface area contributed by atoms with Crippen LogP contribution in [0.1, 0.15) is 36.9 Å². The van der Waals surface area contributed by atoms with Crippen LogP contribution in [0.5, 0.6) is 0 Å². The van der Waals surface area contributed by atoms with Gasteiger partial charge in [-0.15, -0.1) is 0 Å². The molecule has 0 radical (unpaired) electrons. The Labute approximate surface area is 143 Å². The zero-order valence-corrected chi connectivity index (χ0v) is 14.3. The molecule has 6 nitrogen and oxygen atoms in total. The van der Waals surface area contributed by atoms with Crippen LogP contribution in [0.25, 0.3) is 0 Å². The summed E-state index contributed by atoms with van der Waals surface area (Å²) in [5.41, 5.74) is 2.85. The molecule has 2 aliphatic rings. The Morgan fingerprint density at radius 3 is 2.71 bits per heavy atom. The number of amides is 3. The molecule has 3 atom stereocenters. The maximum absolute atomic E-state index is 12.1. The first-order valence-corrected chi connectivity index (χ1v) is 8.63. The van der Waals surface area contributed by atoms with Gasteiger partial charge in [-0.1, -0.05) is 24.3 Å². The zero-order chi connectivity index (χ0) is 17.1. The van der Waals surface area contributed by atoms with E-state index in [9.17, 15) is 9.59 Å². The van der Waals surface area contributed by atoms with Crippen molar-refractivity contribution in [3.05, 3.63) is 35.4 Å². The largest absolute Gasteiger partial charge is 0.355 e. The fourth-order valence-corrected chi connectivity index (χ4v) is 3.92. The molecule has 0 aliphatic carbocycles. The molecular weight excluding hydrogens is 304 g/mol. The summed E-state index contributed by atoms with van der Waals surface area (Å²) in [5, 5.41) is 8.57. The summed E-state index contributed by atoms with van der Waals surface area (Å²) < 4.78 is 0. The lowest BCUT2D eigenvalue weighted by atomic mass is 9.78. The molecule has 1 saturated heterocycles. The minimum atomic E-state index is -0.152. The minimum Gasteiger partial charge on any atom is -0.355 e. The molecule has 3 rings (SSSR count). The molecule has 1 aromatic carbocycles. The van der Waals surface area contributed by atoms with Crippen molar-refractivity contribution in [3.8, 4) is 0 Å². The third-order valence-electron chi connectivity index (χ3n) is 5.12. The highest BCUT2D eigenvalue weighted by Crippen LogP contribution is 2.40. The second-order valence-corrected chi connectivity index (χ2v) is 6.79. The summed E-state index contributed by atoms with van der Waals surface area (Å²) in [7, 11) is 2.19. The monoisotopic (exact) mass is 330 g/mol. The standard InChI is InChI=1S/C18H26N4O2/c1-12(23)19-7-8-20-18(24)21-14-10-15-9-13-5-3-4-6-16(13)17(11-14)22(15)2/h3-6,14-15,17H,7-11H2,1-2H3,(H,19,23)(H2,20,21,24)/t14-,15+,17+/m0/s1. The average molecular weight is 330 g/mol. The van der Waals surface area contributed by atoms with E-state index in [1.165, 1.54) is 18.1 Å². The molecule has 2 heterocycles. The van der Waals surface area contributed by atoms with E-state index in [1.54, 1.807) is 0 Å². The summed E-state index contributed by atoms with van der Waals surface area (Å²) in [6.45, 7) is 2.36. The van der Waals surface area contributed by atoms with Crippen molar-refractivity contribution < 1.29 is 9.59 Å². The lowest BCUT2D eigenvalue weighted by Gasteiger charge is -2.48. The number of rotatable bonds is 4. The number of nitrogens with zero attached hydrogens (tertiary/aromatic N) is 1. The van der Waals surface area contributed by atoms with Gasteiger partial charge in [0.25, 0.3) is 0 Å². The Bertz CT molecular complexity index is 619. The molecule has 2 bridgehead atoms. The molecule has 6 heteroatoms. The van der Waals surface area contributed by atoms with Crippen LogP contribution in [-0.2, 0) is 11.2 Å².